The van der Waals surface area contributed by atoms with E-state index in [9.17, 15) is 5.11 Å². The predicted octanol–water partition coefficient (Wildman–Crippen LogP) is 2.16. The molecule has 0 aromatic carbocycles. The number of aliphatic hydroxyl groups excluding tert-OH is 2. The lowest BCUT2D eigenvalue weighted by Crippen LogP contribution is -2.17. The normalized spacial score (nSPS) is 26.1. The van der Waals surface area contributed by atoms with Crippen LogP contribution in [0.5, 0.6) is 0 Å². The third-order valence-electron chi connectivity index (χ3n) is 3.59. The molecule has 1 saturated heterocycles. The van der Waals surface area contributed by atoms with E-state index in [0.717, 1.165) is 31.3 Å². The summed E-state index contributed by atoms with van der Waals surface area (Å²) in [5.74, 6) is -0.111. The maximum absolute atomic E-state index is 9.84. The van der Waals surface area contributed by atoms with Crippen molar-refractivity contribution in [2.24, 2.45) is 5.92 Å². The molecule has 1 heterocycles. The summed E-state index contributed by atoms with van der Waals surface area (Å²) in [5, 5.41) is 27.3. The van der Waals surface area contributed by atoms with Gasteiger partial charge >= 0.3 is 0 Å². The molecule has 1 fully saturated rings. The fourth-order valence-corrected chi connectivity index (χ4v) is 2.48. The summed E-state index contributed by atoms with van der Waals surface area (Å²) < 4.78 is 5.87. The van der Waals surface area contributed by atoms with Crippen LogP contribution in [0.4, 0.5) is 0 Å². The smallest absolute Gasteiger partial charge is 0.0788 e. The maximum Gasteiger partial charge on any atom is 0.0788 e. The molecule has 0 aromatic heterocycles. The molecule has 0 aliphatic carbocycles. The van der Waals surface area contributed by atoms with Gasteiger partial charge in [-0.25, -0.2) is 0 Å². The van der Waals surface area contributed by atoms with Crippen LogP contribution in [0.1, 0.15) is 45.4 Å². The Bertz CT molecular complexity index is 324. The second-order valence-electron chi connectivity index (χ2n) is 5.47. The number of nitriles is 1. The molecular formula is C15H25NO3. The summed E-state index contributed by atoms with van der Waals surface area (Å²) >= 11 is 0. The quantitative estimate of drug-likeness (QED) is 0.661. The largest absolute Gasteiger partial charge is 0.396 e. The molecule has 2 N–H and O–H groups in total. The Morgan fingerprint density at radius 3 is 2.89 bits per heavy atom. The summed E-state index contributed by atoms with van der Waals surface area (Å²) in [5.41, 5.74) is 1.09. The van der Waals surface area contributed by atoms with Gasteiger partial charge in [0.25, 0.3) is 0 Å². The first-order valence-corrected chi connectivity index (χ1v) is 7.08. The molecule has 2 unspecified atom stereocenters. The van der Waals surface area contributed by atoms with E-state index in [1.807, 2.05) is 6.92 Å². The summed E-state index contributed by atoms with van der Waals surface area (Å²) in [6.45, 7) is 6.04. The Hall–Kier alpha value is -0.890. The van der Waals surface area contributed by atoms with E-state index in [0.29, 0.717) is 12.8 Å². The number of rotatable bonds is 8. The Balaban J connectivity index is 2.26. The van der Waals surface area contributed by atoms with E-state index in [-0.39, 0.29) is 24.7 Å². The van der Waals surface area contributed by atoms with E-state index in [2.05, 4.69) is 12.6 Å². The highest BCUT2D eigenvalue weighted by Crippen LogP contribution is 2.30. The van der Waals surface area contributed by atoms with Crippen molar-refractivity contribution in [1.82, 2.24) is 0 Å². The summed E-state index contributed by atoms with van der Waals surface area (Å²) in [6.07, 6.45) is 4.14. The van der Waals surface area contributed by atoms with Gasteiger partial charge in [-0.15, -0.1) is 0 Å². The van der Waals surface area contributed by atoms with E-state index in [1.54, 1.807) is 0 Å². The van der Waals surface area contributed by atoms with Crippen molar-refractivity contribution >= 4 is 0 Å². The molecule has 4 heteroatoms. The SMILES string of the molecule is C=C1CC(CCCO)O[C@H]1CCC(O)C[C@@H](C)C#N. The molecule has 108 valence electrons. The minimum absolute atomic E-state index is 0.0238. The first kappa shape index (κ1) is 16.2. The zero-order chi connectivity index (χ0) is 14.3. The topological polar surface area (TPSA) is 73.5 Å². The fourth-order valence-electron chi connectivity index (χ4n) is 2.48. The molecular weight excluding hydrogens is 242 g/mol. The van der Waals surface area contributed by atoms with Crippen molar-refractivity contribution in [3.05, 3.63) is 12.2 Å². The highest BCUT2D eigenvalue weighted by Gasteiger charge is 2.28. The Morgan fingerprint density at radius 1 is 1.53 bits per heavy atom. The molecule has 0 amide bonds. The second kappa shape index (κ2) is 8.31. The van der Waals surface area contributed by atoms with Crippen molar-refractivity contribution in [1.29, 1.82) is 5.26 Å². The highest BCUT2D eigenvalue weighted by atomic mass is 16.5. The molecule has 4 nitrogen and oxygen atoms in total. The monoisotopic (exact) mass is 267 g/mol. The first-order valence-electron chi connectivity index (χ1n) is 7.08. The van der Waals surface area contributed by atoms with Gasteiger partial charge in [0.05, 0.1) is 24.4 Å². The van der Waals surface area contributed by atoms with Gasteiger partial charge in [0, 0.05) is 12.5 Å². The molecule has 19 heavy (non-hydrogen) atoms. The van der Waals surface area contributed by atoms with Gasteiger partial charge in [-0.1, -0.05) is 6.58 Å². The van der Waals surface area contributed by atoms with Crippen LogP contribution in [0.2, 0.25) is 0 Å². The predicted molar refractivity (Wildman–Crippen MR) is 73.4 cm³/mol. The summed E-state index contributed by atoms with van der Waals surface area (Å²) in [7, 11) is 0. The summed E-state index contributed by atoms with van der Waals surface area (Å²) in [4.78, 5) is 0. The van der Waals surface area contributed by atoms with Crippen LogP contribution in [0, 0.1) is 17.2 Å². The lowest BCUT2D eigenvalue weighted by atomic mass is 9.98. The second-order valence-corrected chi connectivity index (χ2v) is 5.47. The summed E-state index contributed by atoms with van der Waals surface area (Å²) in [6, 6.07) is 2.13. The van der Waals surface area contributed by atoms with Crippen molar-refractivity contribution < 1.29 is 14.9 Å². The number of nitrogens with zero attached hydrogens (tertiary/aromatic N) is 1. The standard InChI is InChI=1S/C15H25NO3/c1-11(10-16)8-13(18)5-6-15-12(2)9-14(19-15)4-3-7-17/h11,13-15,17-18H,2-9H2,1H3/t11-,13?,14?,15+/m1/s1. The zero-order valence-electron chi connectivity index (χ0n) is 11.7. The lowest BCUT2D eigenvalue weighted by molar-refractivity contribution is 0.0293. The number of aliphatic hydroxyl groups is 2. The first-order chi connectivity index (χ1) is 9.06. The molecule has 0 saturated carbocycles. The number of hydrogen-bond acceptors (Lipinski definition) is 4. The van der Waals surface area contributed by atoms with Gasteiger partial charge in [0.2, 0.25) is 0 Å². The third kappa shape index (κ3) is 5.73. The Kier molecular flexibility index (Phi) is 7.07. The number of hydrogen-bond donors (Lipinski definition) is 2. The minimum atomic E-state index is -0.442. The van der Waals surface area contributed by atoms with E-state index in [4.69, 9.17) is 15.1 Å². The molecule has 0 radical (unpaired) electrons. The van der Waals surface area contributed by atoms with Crippen molar-refractivity contribution in [3.8, 4) is 6.07 Å². The molecule has 0 bridgehead atoms. The van der Waals surface area contributed by atoms with Gasteiger partial charge in [-0.3, -0.25) is 0 Å². The molecule has 1 aliphatic heterocycles. The lowest BCUT2D eigenvalue weighted by Gasteiger charge is -2.16. The van der Waals surface area contributed by atoms with Gasteiger partial charge in [-0.05, 0) is 51.0 Å². The van der Waals surface area contributed by atoms with E-state index in [1.165, 1.54) is 0 Å². The fraction of sp³-hybridized carbons (Fsp3) is 0.800. The highest BCUT2D eigenvalue weighted by molar-refractivity contribution is 5.09. The van der Waals surface area contributed by atoms with Crippen LogP contribution in [-0.4, -0.2) is 35.1 Å². The number of ether oxygens (including phenoxy) is 1. The zero-order valence-corrected chi connectivity index (χ0v) is 11.7. The van der Waals surface area contributed by atoms with Crippen LogP contribution in [-0.2, 0) is 4.74 Å². The van der Waals surface area contributed by atoms with Crippen molar-refractivity contribution in [2.45, 2.75) is 63.8 Å². The Labute approximate surface area is 115 Å². The van der Waals surface area contributed by atoms with Crippen LogP contribution >= 0.6 is 0 Å². The van der Waals surface area contributed by atoms with Crippen LogP contribution in [0.25, 0.3) is 0 Å². The van der Waals surface area contributed by atoms with Crippen LogP contribution < -0.4 is 0 Å². The van der Waals surface area contributed by atoms with Crippen molar-refractivity contribution in [2.75, 3.05) is 6.61 Å². The van der Waals surface area contributed by atoms with E-state index < -0.39 is 6.10 Å². The Morgan fingerprint density at radius 2 is 2.26 bits per heavy atom. The van der Waals surface area contributed by atoms with Gasteiger partial charge in [-0.2, -0.15) is 5.26 Å². The van der Waals surface area contributed by atoms with Crippen LogP contribution in [0.3, 0.4) is 0 Å². The molecule has 1 aliphatic rings. The van der Waals surface area contributed by atoms with Gasteiger partial charge in [0.1, 0.15) is 0 Å². The van der Waals surface area contributed by atoms with Crippen molar-refractivity contribution in [3.63, 3.8) is 0 Å². The molecule has 4 atom stereocenters. The van der Waals surface area contributed by atoms with Crippen LogP contribution in [0.15, 0.2) is 12.2 Å². The average Bonchev–Trinajstić information content (AvgIpc) is 2.74. The average molecular weight is 267 g/mol. The molecule has 1 rings (SSSR count). The third-order valence-corrected chi connectivity index (χ3v) is 3.59. The van der Waals surface area contributed by atoms with Gasteiger partial charge < -0.3 is 14.9 Å². The molecule has 0 aromatic rings. The molecule has 0 spiro atoms. The van der Waals surface area contributed by atoms with E-state index >= 15 is 0 Å². The minimum Gasteiger partial charge on any atom is -0.396 e. The maximum atomic E-state index is 9.84. The van der Waals surface area contributed by atoms with Gasteiger partial charge in [0.15, 0.2) is 0 Å².